The van der Waals surface area contributed by atoms with E-state index in [0.29, 0.717) is 0 Å². The van der Waals surface area contributed by atoms with Crippen LogP contribution >= 0.6 is 11.6 Å². The fraction of sp³-hybridized carbons (Fsp3) is 0.333. The molecule has 0 spiro atoms. The maximum Gasteiger partial charge on any atom is 0.152 e. The first-order valence-corrected chi connectivity index (χ1v) is 3.54. The van der Waals surface area contributed by atoms with Crippen molar-refractivity contribution < 1.29 is 4.39 Å². The van der Waals surface area contributed by atoms with Gasteiger partial charge in [-0.05, 0) is 20.8 Å². The van der Waals surface area contributed by atoms with E-state index in [0.717, 1.165) is 5.57 Å². The normalized spacial score (nSPS) is 11.6. The van der Waals surface area contributed by atoms with Crippen LogP contribution in [0, 0.1) is 12.3 Å². The molecule has 0 aromatic rings. The minimum Gasteiger partial charge on any atom is -0.204 e. The molecule has 2 heteroatoms. The molecule has 0 nitrogen and oxygen atoms in total. The fourth-order valence-corrected chi connectivity index (χ4v) is 0.589. The predicted molar refractivity (Wildman–Crippen MR) is 46.9 cm³/mol. The van der Waals surface area contributed by atoms with Gasteiger partial charge >= 0.3 is 0 Å². The molecule has 0 radical (unpaired) electrons. The zero-order chi connectivity index (χ0) is 9.02. The van der Waals surface area contributed by atoms with Crippen LogP contribution in [-0.4, -0.2) is 0 Å². The van der Waals surface area contributed by atoms with E-state index in [2.05, 4.69) is 5.92 Å². The van der Waals surface area contributed by atoms with Gasteiger partial charge in [0.2, 0.25) is 0 Å². The minimum atomic E-state index is -0.505. The summed E-state index contributed by atoms with van der Waals surface area (Å²) in [6, 6.07) is 0. The molecule has 0 saturated heterocycles. The highest BCUT2D eigenvalue weighted by molar-refractivity contribution is 6.32. The molecular weight excluding hydrogens is 163 g/mol. The van der Waals surface area contributed by atoms with Crippen molar-refractivity contribution in [3.05, 3.63) is 22.0 Å². The van der Waals surface area contributed by atoms with Crippen LogP contribution in [-0.2, 0) is 0 Å². The van der Waals surface area contributed by atoms with Gasteiger partial charge in [-0.25, -0.2) is 4.39 Å². The lowest BCUT2D eigenvalue weighted by Crippen LogP contribution is -1.82. The average molecular weight is 173 g/mol. The molecule has 0 heterocycles. The smallest absolute Gasteiger partial charge is 0.152 e. The maximum atomic E-state index is 13.0. The van der Waals surface area contributed by atoms with Crippen molar-refractivity contribution in [3.63, 3.8) is 0 Å². The van der Waals surface area contributed by atoms with Crippen LogP contribution in [0.15, 0.2) is 22.0 Å². The number of allylic oxidation sites excluding steroid dienone is 4. The first kappa shape index (κ1) is 10.3. The Bertz CT molecular complexity index is 249. The molecular formula is C9H10ClF. The summed E-state index contributed by atoms with van der Waals surface area (Å²) in [7, 11) is 0. The first-order valence-electron chi connectivity index (χ1n) is 3.17. The molecule has 0 aromatic carbocycles. The van der Waals surface area contributed by atoms with Crippen molar-refractivity contribution >= 4 is 11.6 Å². The Balaban J connectivity index is 4.95. The number of rotatable bonds is 1. The van der Waals surface area contributed by atoms with Crippen molar-refractivity contribution in [2.45, 2.75) is 20.8 Å². The molecule has 0 saturated carbocycles. The number of terminal acetylenes is 1. The standard InChI is InChI=1S/C9H10ClF/c1-5-7(4)9(11)8(10)6(2)3/h1H,2-4H3/b9-7+. The lowest BCUT2D eigenvalue weighted by atomic mass is 10.2. The van der Waals surface area contributed by atoms with Crippen molar-refractivity contribution in [2.24, 2.45) is 0 Å². The van der Waals surface area contributed by atoms with E-state index in [9.17, 15) is 4.39 Å². The highest BCUT2D eigenvalue weighted by atomic mass is 35.5. The summed E-state index contributed by atoms with van der Waals surface area (Å²) < 4.78 is 13.0. The van der Waals surface area contributed by atoms with Crippen molar-refractivity contribution in [3.8, 4) is 12.3 Å². The molecule has 0 rings (SSSR count). The summed E-state index contributed by atoms with van der Waals surface area (Å²) in [5.41, 5.74) is 0.954. The molecule has 0 aliphatic rings. The van der Waals surface area contributed by atoms with Gasteiger partial charge in [-0.15, -0.1) is 6.42 Å². The van der Waals surface area contributed by atoms with Crippen molar-refractivity contribution in [1.29, 1.82) is 0 Å². The van der Waals surface area contributed by atoms with Gasteiger partial charge in [0.25, 0.3) is 0 Å². The van der Waals surface area contributed by atoms with E-state index in [4.69, 9.17) is 18.0 Å². The molecule has 0 unspecified atom stereocenters. The fourth-order valence-electron chi connectivity index (χ4n) is 0.447. The molecule has 0 aromatic heterocycles. The molecule has 0 bridgehead atoms. The van der Waals surface area contributed by atoms with Crippen LogP contribution in [0.3, 0.4) is 0 Å². The summed E-state index contributed by atoms with van der Waals surface area (Å²) in [5, 5.41) is 0.112. The molecule has 0 amide bonds. The number of halogens is 2. The van der Waals surface area contributed by atoms with E-state index in [1.165, 1.54) is 6.92 Å². The summed E-state index contributed by atoms with van der Waals surface area (Å²) >= 11 is 5.59. The highest BCUT2D eigenvalue weighted by Gasteiger charge is 2.05. The van der Waals surface area contributed by atoms with E-state index >= 15 is 0 Å². The monoisotopic (exact) mass is 172 g/mol. The lowest BCUT2D eigenvalue weighted by molar-refractivity contribution is 0.652. The quantitative estimate of drug-likeness (QED) is 0.420. The Morgan fingerprint density at radius 2 is 1.82 bits per heavy atom. The largest absolute Gasteiger partial charge is 0.204 e. The van der Waals surface area contributed by atoms with Gasteiger partial charge in [0.15, 0.2) is 5.83 Å². The Kier molecular flexibility index (Phi) is 3.92. The maximum absolute atomic E-state index is 13.0. The summed E-state index contributed by atoms with van der Waals surface area (Å²) in [6.45, 7) is 4.97. The summed E-state index contributed by atoms with van der Waals surface area (Å²) in [5.74, 6) is 1.68. The van der Waals surface area contributed by atoms with Crippen molar-refractivity contribution in [2.75, 3.05) is 0 Å². The second-order valence-electron chi connectivity index (χ2n) is 2.40. The van der Waals surface area contributed by atoms with Gasteiger partial charge in [0.05, 0.1) is 5.03 Å². The van der Waals surface area contributed by atoms with Crippen LogP contribution in [0.4, 0.5) is 4.39 Å². The van der Waals surface area contributed by atoms with E-state index in [1.54, 1.807) is 13.8 Å². The number of hydrogen-bond donors (Lipinski definition) is 0. The third kappa shape index (κ3) is 2.78. The Hall–Kier alpha value is -0.740. The molecule has 0 aliphatic heterocycles. The molecule has 0 N–H and O–H groups in total. The Morgan fingerprint density at radius 3 is 2.09 bits per heavy atom. The SMILES string of the molecule is C#C/C(C)=C(/F)C(Cl)=C(C)C. The molecule has 60 valence electrons. The zero-order valence-electron chi connectivity index (χ0n) is 6.83. The van der Waals surface area contributed by atoms with Gasteiger partial charge in [-0.1, -0.05) is 23.1 Å². The van der Waals surface area contributed by atoms with Gasteiger partial charge in [0, 0.05) is 5.57 Å². The van der Waals surface area contributed by atoms with Gasteiger partial charge in [-0.3, -0.25) is 0 Å². The molecule has 0 aliphatic carbocycles. The molecule has 11 heavy (non-hydrogen) atoms. The lowest BCUT2D eigenvalue weighted by Gasteiger charge is -1.98. The van der Waals surface area contributed by atoms with Gasteiger partial charge in [0.1, 0.15) is 0 Å². The predicted octanol–water partition coefficient (Wildman–Crippen LogP) is 3.40. The van der Waals surface area contributed by atoms with Crippen LogP contribution in [0.2, 0.25) is 0 Å². The van der Waals surface area contributed by atoms with Crippen LogP contribution < -0.4 is 0 Å². The van der Waals surface area contributed by atoms with E-state index in [-0.39, 0.29) is 10.6 Å². The van der Waals surface area contributed by atoms with E-state index in [1.807, 2.05) is 0 Å². The molecule has 0 atom stereocenters. The third-order valence-corrected chi connectivity index (χ3v) is 1.72. The highest BCUT2D eigenvalue weighted by Crippen LogP contribution is 2.22. The zero-order valence-corrected chi connectivity index (χ0v) is 7.59. The number of hydrogen-bond acceptors (Lipinski definition) is 0. The topological polar surface area (TPSA) is 0 Å². The van der Waals surface area contributed by atoms with Crippen LogP contribution in [0.25, 0.3) is 0 Å². The summed E-state index contributed by atoms with van der Waals surface area (Å²) in [4.78, 5) is 0. The second-order valence-corrected chi connectivity index (χ2v) is 2.78. The Morgan fingerprint density at radius 1 is 1.36 bits per heavy atom. The first-order chi connectivity index (χ1) is 5.00. The van der Waals surface area contributed by atoms with Gasteiger partial charge < -0.3 is 0 Å². The Labute approximate surface area is 71.7 Å². The molecule has 0 fully saturated rings. The second kappa shape index (κ2) is 4.20. The van der Waals surface area contributed by atoms with Gasteiger partial charge in [-0.2, -0.15) is 0 Å². The van der Waals surface area contributed by atoms with E-state index < -0.39 is 5.83 Å². The van der Waals surface area contributed by atoms with Crippen LogP contribution in [0.5, 0.6) is 0 Å². The third-order valence-electron chi connectivity index (χ3n) is 1.18. The average Bonchev–Trinajstić information content (AvgIpc) is 2.00. The van der Waals surface area contributed by atoms with Crippen LogP contribution in [0.1, 0.15) is 20.8 Å². The van der Waals surface area contributed by atoms with Crippen molar-refractivity contribution in [1.82, 2.24) is 0 Å². The summed E-state index contributed by atoms with van der Waals surface area (Å²) in [6.07, 6.45) is 4.98. The minimum absolute atomic E-state index is 0.112.